The number of rotatable bonds is 4. The molecule has 134 valence electrons. The zero-order valence-corrected chi connectivity index (χ0v) is 14.3. The van der Waals surface area contributed by atoms with Crippen molar-refractivity contribution in [2.45, 2.75) is 19.4 Å². The van der Waals surface area contributed by atoms with E-state index in [1.165, 1.54) is 19.2 Å². The van der Waals surface area contributed by atoms with Crippen molar-refractivity contribution in [3.63, 3.8) is 0 Å². The molecule has 0 unspecified atom stereocenters. The third-order valence-electron chi connectivity index (χ3n) is 4.41. The molecule has 0 aliphatic carbocycles. The van der Waals surface area contributed by atoms with E-state index in [4.69, 9.17) is 9.26 Å². The van der Waals surface area contributed by atoms with Gasteiger partial charge in [-0.2, -0.15) is 4.98 Å². The molecule has 7 nitrogen and oxygen atoms in total. The molecule has 2 aromatic rings. The number of hydrogen-bond acceptors (Lipinski definition) is 6. The second-order valence-corrected chi connectivity index (χ2v) is 6.02. The molecule has 1 fully saturated rings. The first-order valence-electron chi connectivity index (χ1n) is 8.20. The first-order valence-corrected chi connectivity index (χ1v) is 8.20. The Bertz CT molecular complexity index is 711. The van der Waals surface area contributed by atoms with Gasteiger partial charge in [0.25, 0.3) is 0 Å². The largest absolute Gasteiger partial charge is 0.453 e. The maximum Gasteiger partial charge on any atom is 0.409 e. The van der Waals surface area contributed by atoms with Crippen LogP contribution >= 0.6 is 0 Å². The Morgan fingerprint density at radius 1 is 1.28 bits per heavy atom. The Kier molecular flexibility index (Phi) is 5.28. The fourth-order valence-electron chi connectivity index (χ4n) is 2.87. The van der Waals surface area contributed by atoms with Crippen LogP contribution in [0.5, 0.6) is 0 Å². The summed E-state index contributed by atoms with van der Waals surface area (Å²) in [5, 5.41) is 4.02. The summed E-state index contributed by atoms with van der Waals surface area (Å²) in [6, 6.07) is 6.22. The van der Waals surface area contributed by atoms with E-state index >= 15 is 0 Å². The first-order chi connectivity index (χ1) is 12.1. The van der Waals surface area contributed by atoms with E-state index in [0.29, 0.717) is 44.3 Å². The molecule has 2 heterocycles. The van der Waals surface area contributed by atoms with Gasteiger partial charge in [0, 0.05) is 32.6 Å². The van der Waals surface area contributed by atoms with E-state index < -0.39 is 0 Å². The van der Waals surface area contributed by atoms with Gasteiger partial charge in [0.1, 0.15) is 5.82 Å². The molecule has 8 heteroatoms. The fraction of sp³-hybridized carbons (Fsp3) is 0.471. The lowest BCUT2D eigenvalue weighted by Gasteiger charge is -2.35. The van der Waals surface area contributed by atoms with E-state index in [9.17, 15) is 9.18 Å². The standard InChI is InChI=1S/C17H21FN4O3/c1-12(21-7-9-22(10-8-21)17(23)24-2)16-19-15(20-25-16)11-13-3-5-14(18)6-4-13/h3-6,12H,7-11H2,1-2H3/t12-/m1/s1. The van der Waals surface area contributed by atoms with Crippen LogP contribution in [-0.2, 0) is 11.2 Å². The number of methoxy groups -OCH3 is 1. The van der Waals surface area contributed by atoms with Crippen molar-refractivity contribution in [2.75, 3.05) is 33.3 Å². The Hall–Kier alpha value is -2.48. The molecule has 1 atom stereocenters. The summed E-state index contributed by atoms with van der Waals surface area (Å²) in [4.78, 5) is 19.9. The van der Waals surface area contributed by atoms with Crippen LogP contribution in [0.25, 0.3) is 0 Å². The molecule has 25 heavy (non-hydrogen) atoms. The van der Waals surface area contributed by atoms with Gasteiger partial charge >= 0.3 is 6.09 Å². The fourth-order valence-corrected chi connectivity index (χ4v) is 2.87. The highest BCUT2D eigenvalue weighted by Gasteiger charge is 2.27. The van der Waals surface area contributed by atoms with Crippen molar-refractivity contribution in [3.05, 3.63) is 47.4 Å². The number of carbonyl (C=O) groups excluding carboxylic acids is 1. The predicted molar refractivity (Wildman–Crippen MR) is 87.5 cm³/mol. The molecule has 3 rings (SSSR count). The molecule has 0 bridgehead atoms. The average Bonchev–Trinajstić information content (AvgIpc) is 3.11. The molecule has 1 aliphatic rings. The van der Waals surface area contributed by atoms with E-state index in [1.807, 2.05) is 6.92 Å². The van der Waals surface area contributed by atoms with Crippen LogP contribution in [-0.4, -0.2) is 59.3 Å². The zero-order chi connectivity index (χ0) is 17.8. The minimum atomic E-state index is -0.299. The van der Waals surface area contributed by atoms with Crippen molar-refractivity contribution in [1.29, 1.82) is 0 Å². The lowest BCUT2D eigenvalue weighted by Crippen LogP contribution is -2.49. The lowest BCUT2D eigenvalue weighted by atomic mass is 10.1. The monoisotopic (exact) mass is 348 g/mol. The van der Waals surface area contributed by atoms with Crippen LogP contribution in [0.2, 0.25) is 0 Å². The number of amides is 1. The molecule has 0 saturated carbocycles. The molecule has 0 N–H and O–H groups in total. The van der Waals surface area contributed by atoms with Gasteiger partial charge < -0.3 is 14.2 Å². The summed E-state index contributed by atoms with van der Waals surface area (Å²) in [5.74, 6) is 0.850. The van der Waals surface area contributed by atoms with Gasteiger partial charge in [-0.05, 0) is 24.6 Å². The average molecular weight is 348 g/mol. The molecule has 0 spiro atoms. The second kappa shape index (κ2) is 7.60. The molecule has 1 saturated heterocycles. The number of nitrogens with zero attached hydrogens (tertiary/aromatic N) is 4. The minimum Gasteiger partial charge on any atom is -0.453 e. The van der Waals surface area contributed by atoms with Gasteiger partial charge in [-0.25, -0.2) is 9.18 Å². The Balaban J connectivity index is 1.58. The van der Waals surface area contributed by atoms with Gasteiger partial charge in [0.2, 0.25) is 5.89 Å². The number of hydrogen-bond donors (Lipinski definition) is 0. The van der Waals surface area contributed by atoms with E-state index in [-0.39, 0.29) is 18.0 Å². The molecule has 0 radical (unpaired) electrons. The Morgan fingerprint density at radius 3 is 2.60 bits per heavy atom. The van der Waals surface area contributed by atoms with Crippen molar-refractivity contribution in [2.24, 2.45) is 0 Å². The van der Waals surface area contributed by atoms with E-state index in [0.717, 1.165) is 5.56 Å². The summed E-state index contributed by atoms with van der Waals surface area (Å²) < 4.78 is 23.1. The number of halogens is 1. The number of carbonyl (C=O) groups is 1. The van der Waals surface area contributed by atoms with Crippen molar-refractivity contribution >= 4 is 6.09 Å². The van der Waals surface area contributed by atoms with Gasteiger partial charge in [-0.15, -0.1) is 0 Å². The summed E-state index contributed by atoms with van der Waals surface area (Å²) in [7, 11) is 1.39. The summed E-state index contributed by atoms with van der Waals surface area (Å²) >= 11 is 0. The predicted octanol–water partition coefficient (Wildman–Crippen LogP) is 2.24. The Labute approximate surface area is 145 Å². The topological polar surface area (TPSA) is 71.7 Å². The Morgan fingerprint density at radius 2 is 1.96 bits per heavy atom. The summed E-state index contributed by atoms with van der Waals surface area (Å²) in [6.07, 6.45) is 0.193. The number of benzene rings is 1. The van der Waals surface area contributed by atoms with Crippen molar-refractivity contribution in [3.8, 4) is 0 Å². The highest BCUT2D eigenvalue weighted by atomic mass is 19.1. The smallest absolute Gasteiger partial charge is 0.409 e. The molecular weight excluding hydrogens is 327 g/mol. The normalized spacial score (nSPS) is 16.7. The highest BCUT2D eigenvalue weighted by molar-refractivity contribution is 5.67. The van der Waals surface area contributed by atoms with Crippen LogP contribution in [0.4, 0.5) is 9.18 Å². The summed E-state index contributed by atoms with van der Waals surface area (Å²) in [6.45, 7) is 4.64. The van der Waals surface area contributed by atoms with Crippen molar-refractivity contribution in [1.82, 2.24) is 19.9 Å². The second-order valence-electron chi connectivity index (χ2n) is 6.02. The maximum atomic E-state index is 13.0. The molecule has 1 amide bonds. The van der Waals surface area contributed by atoms with Gasteiger partial charge in [0.05, 0.1) is 13.2 Å². The number of ether oxygens (including phenoxy) is 1. The van der Waals surface area contributed by atoms with Crippen LogP contribution in [0.3, 0.4) is 0 Å². The quantitative estimate of drug-likeness (QED) is 0.844. The molecule has 1 aliphatic heterocycles. The minimum absolute atomic E-state index is 0.0331. The molecule has 1 aromatic carbocycles. The van der Waals surface area contributed by atoms with Crippen molar-refractivity contribution < 1.29 is 18.4 Å². The maximum absolute atomic E-state index is 13.0. The van der Waals surface area contributed by atoms with Gasteiger partial charge in [-0.3, -0.25) is 4.90 Å². The first kappa shape index (κ1) is 17.3. The van der Waals surface area contributed by atoms with Crippen LogP contribution in [0, 0.1) is 5.82 Å². The van der Waals surface area contributed by atoms with Crippen LogP contribution in [0.15, 0.2) is 28.8 Å². The third kappa shape index (κ3) is 4.14. The molecular formula is C17H21FN4O3. The van der Waals surface area contributed by atoms with E-state index in [2.05, 4.69) is 15.0 Å². The summed E-state index contributed by atoms with van der Waals surface area (Å²) in [5.41, 5.74) is 0.924. The SMILES string of the molecule is COC(=O)N1CCN([C@H](C)c2nc(Cc3ccc(F)cc3)no2)CC1. The van der Waals surface area contributed by atoms with Crippen LogP contribution < -0.4 is 0 Å². The third-order valence-corrected chi connectivity index (χ3v) is 4.41. The number of piperazine rings is 1. The molecule has 1 aromatic heterocycles. The van der Waals surface area contributed by atoms with Crippen LogP contribution in [0.1, 0.15) is 30.2 Å². The van der Waals surface area contributed by atoms with Gasteiger partial charge in [0.15, 0.2) is 5.82 Å². The number of aromatic nitrogens is 2. The van der Waals surface area contributed by atoms with E-state index in [1.54, 1.807) is 17.0 Å². The highest BCUT2D eigenvalue weighted by Crippen LogP contribution is 2.21. The zero-order valence-electron chi connectivity index (χ0n) is 14.3. The van der Waals surface area contributed by atoms with Gasteiger partial charge in [-0.1, -0.05) is 17.3 Å². The lowest BCUT2D eigenvalue weighted by molar-refractivity contribution is 0.0708.